The summed E-state index contributed by atoms with van der Waals surface area (Å²) in [7, 11) is -4.56. The first-order valence-corrected chi connectivity index (χ1v) is 9.17. The molecular weight excluding hydrogens is 393 g/mol. The van der Waals surface area contributed by atoms with E-state index in [0.717, 1.165) is 11.6 Å². The number of urea groups is 1. The zero-order valence-electron chi connectivity index (χ0n) is 13.2. The molecule has 0 heterocycles. The van der Waals surface area contributed by atoms with E-state index in [1.165, 1.54) is 0 Å². The molecule has 0 atom stereocenters. The van der Waals surface area contributed by atoms with Crippen LogP contribution in [-0.2, 0) is 22.6 Å². The van der Waals surface area contributed by atoms with Gasteiger partial charge in [-0.15, -0.1) is 0 Å². The van der Waals surface area contributed by atoms with Gasteiger partial charge in [0.25, 0.3) is 10.0 Å². The lowest BCUT2D eigenvalue weighted by Crippen LogP contribution is -2.40. The van der Waals surface area contributed by atoms with Gasteiger partial charge in [0.15, 0.2) is 0 Å². The van der Waals surface area contributed by atoms with Crippen LogP contribution >= 0.6 is 11.6 Å². The van der Waals surface area contributed by atoms with Gasteiger partial charge in [-0.2, -0.15) is 13.2 Å². The molecule has 0 aliphatic heterocycles. The third-order valence-corrected chi connectivity index (χ3v) is 5.13. The Morgan fingerprint density at radius 3 is 2.35 bits per heavy atom. The molecule has 2 aromatic rings. The molecule has 140 valence electrons. The predicted molar refractivity (Wildman–Crippen MR) is 90.3 cm³/mol. The number of carbonyl (C=O) groups excluding carboxylic acids is 1. The Kier molecular flexibility index (Phi) is 6.14. The van der Waals surface area contributed by atoms with Crippen LogP contribution in [0.1, 0.15) is 11.1 Å². The fourth-order valence-electron chi connectivity index (χ4n) is 2.06. The first kappa shape index (κ1) is 20.1. The normalized spacial score (nSPS) is 11.8. The summed E-state index contributed by atoms with van der Waals surface area (Å²) in [6, 6.07) is 9.90. The minimum absolute atomic E-state index is 0.141. The first-order chi connectivity index (χ1) is 12.1. The Balaban J connectivity index is 2.05. The lowest BCUT2D eigenvalue weighted by Gasteiger charge is -2.12. The highest BCUT2D eigenvalue weighted by atomic mass is 35.5. The summed E-state index contributed by atoms with van der Waals surface area (Å²) in [6.07, 6.45) is -4.29. The third-order valence-electron chi connectivity index (χ3n) is 3.32. The van der Waals surface area contributed by atoms with Crippen LogP contribution in [0, 0.1) is 0 Å². The molecule has 10 heteroatoms. The highest BCUT2D eigenvalue weighted by Gasteiger charge is 2.33. The van der Waals surface area contributed by atoms with Gasteiger partial charge in [0.05, 0.1) is 10.6 Å². The van der Waals surface area contributed by atoms with Crippen LogP contribution in [0.5, 0.6) is 0 Å². The van der Waals surface area contributed by atoms with E-state index >= 15 is 0 Å². The van der Waals surface area contributed by atoms with Crippen molar-refractivity contribution in [3.63, 3.8) is 0 Å². The highest BCUT2D eigenvalue weighted by molar-refractivity contribution is 7.90. The highest BCUT2D eigenvalue weighted by Crippen LogP contribution is 2.33. The number of benzene rings is 2. The van der Waals surface area contributed by atoms with Gasteiger partial charge in [-0.3, -0.25) is 0 Å². The average Bonchev–Trinajstić information content (AvgIpc) is 2.54. The second-order valence-electron chi connectivity index (χ2n) is 5.24. The van der Waals surface area contributed by atoms with Gasteiger partial charge in [-0.05, 0) is 30.2 Å². The van der Waals surface area contributed by atoms with E-state index in [1.54, 1.807) is 4.72 Å². The van der Waals surface area contributed by atoms with E-state index in [9.17, 15) is 26.4 Å². The fraction of sp³-hybridized carbons (Fsp3) is 0.188. The van der Waals surface area contributed by atoms with Crippen LogP contribution in [0.2, 0.25) is 5.02 Å². The molecule has 0 fully saturated rings. The van der Waals surface area contributed by atoms with E-state index in [4.69, 9.17) is 11.6 Å². The summed E-state index contributed by atoms with van der Waals surface area (Å²) < 4.78 is 64.2. The molecule has 2 aromatic carbocycles. The van der Waals surface area contributed by atoms with Crippen molar-refractivity contribution in [1.82, 2.24) is 10.0 Å². The molecule has 0 unspecified atom stereocenters. The van der Waals surface area contributed by atoms with Gasteiger partial charge in [-0.1, -0.05) is 41.9 Å². The number of amides is 2. The zero-order valence-corrected chi connectivity index (χ0v) is 14.8. The number of carbonyl (C=O) groups is 1. The Morgan fingerprint density at radius 1 is 1.08 bits per heavy atom. The standard InChI is InChI=1S/C16H14ClF3N2O3S/c17-13-7-6-12(16(18,19)20)10-14(13)26(24,25)22-15(23)21-9-8-11-4-2-1-3-5-11/h1-7,10H,8-9H2,(H2,21,22,23). The lowest BCUT2D eigenvalue weighted by atomic mass is 10.1. The van der Waals surface area contributed by atoms with Gasteiger partial charge < -0.3 is 5.32 Å². The van der Waals surface area contributed by atoms with Crippen LogP contribution in [-0.4, -0.2) is 21.0 Å². The maximum absolute atomic E-state index is 12.7. The van der Waals surface area contributed by atoms with Crippen LogP contribution in [0.3, 0.4) is 0 Å². The quantitative estimate of drug-likeness (QED) is 0.796. The van der Waals surface area contributed by atoms with Crippen LogP contribution in [0.15, 0.2) is 53.4 Å². The summed E-state index contributed by atoms with van der Waals surface area (Å²) in [5.41, 5.74) is -0.261. The maximum atomic E-state index is 12.7. The molecule has 0 saturated carbocycles. The largest absolute Gasteiger partial charge is 0.416 e. The molecule has 5 nitrogen and oxygen atoms in total. The van der Waals surface area contributed by atoms with E-state index in [2.05, 4.69) is 5.32 Å². The van der Waals surface area contributed by atoms with Crippen molar-refractivity contribution in [2.45, 2.75) is 17.5 Å². The molecule has 0 aliphatic carbocycles. The van der Waals surface area contributed by atoms with Gasteiger partial charge in [0, 0.05) is 6.54 Å². The van der Waals surface area contributed by atoms with Crippen molar-refractivity contribution in [2.75, 3.05) is 6.54 Å². The molecule has 2 N–H and O–H groups in total. The number of nitrogens with one attached hydrogen (secondary N) is 2. The Labute approximate surface area is 153 Å². The molecule has 0 saturated heterocycles. The van der Waals surface area contributed by atoms with Crippen molar-refractivity contribution in [1.29, 1.82) is 0 Å². The maximum Gasteiger partial charge on any atom is 0.416 e. The SMILES string of the molecule is O=C(NCCc1ccccc1)NS(=O)(=O)c1cc(C(F)(F)F)ccc1Cl. The molecule has 0 aromatic heterocycles. The summed E-state index contributed by atoms with van der Waals surface area (Å²) in [5, 5.41) is 1.90. The molecule has 2 rings (SSSR count). The fourth-order valence-corrected chi connectivity index (χ4v) is 3.52. The van der Waals surface area contributed by atoms with Crippen molar-refractivity contribution in [3.8, 4) is 0 Å². The van der Waals surface area contributed by atoms with Crippen molar-refractivity contribution >= 4 is 27.7 Å². The van der Waals surface area contributed by atoms with Crippen LogP contribution < -0.4 is 10.0 Å². The van der Waals surface area contributed by atoms with Crippen molar-refractivity contribution in [3.05, 3.63) is 64.7 Å². The minimum Gasteiger partial charge on any atom is -0.337 e. The van der Waals surface area contributed by atoms with E-state index < -0.39 is 37.7 Å². The second-order valence-corrected chi connectivity index (χ2v) is 7.30. The molecule has 0 aliphatic rings. The number of hydrogen-bond donors (Lipinski definition) is 2. The number of sulfonamides is 1. The smallest absolute Gasteiger partial charge is 0.337 e. The predicted octanol–water partition coefficient (Wildman–Crippen LogP) is 3.59. The van der Waals surface area contributed by atoms with E-state index in [1.807, 2.05) is 30.3 Å². The number of rotatable bonds is 5. The second kappa shape index (κ2) is 7.96. The summed E-state index contributed by atoms with van der Waals surface area (Å²) >= 11 is 5.68. The van der Waals surface area contributed by atoms with Gasteiger partial charge >= 0.3 is 12.2 Å². The van der Waals surface area contributed by atoms with Crippen LogP contribution in [0.25, 0.3) is 0 Å². The number of hydrogen-bond acceptors (Lipinski definition) is 3. The Morgan fingerprint density at radius 2 is 1.73 bits per heavy atom. The Bertz CT molecular complexity index is 887. The van der Waals surface area contributed by atoms with Gasteiger partial charge in [-0.25, -0.2) is 17.9 Å². The average molecular weight is 407 g/mol. The summed E-state index contributed by atoms with van der Waals surface area (Å²) in [4.78, 5) is 10.9. The zero-order chi connectivity index (χ0) is 19.4. The molecular formula is C16H14ClF3N2O3S. The molecule has 0 bridgehead atoms. The third kappa shape index (κ3) is 5.37. The topological polar surface area (TPSA) is 75.3 Å². The van der Waals surface area contributed by atoms with Gasteiger partial charge in [0.1, 0.15) is 4.90 Å². The van der Waals surface area contributed by atoms with Crippen LogP contribution in [0.4, 0.5) is 18.0 Å². The van der Waals surface area contributed by atoms with E-state index in [0.29, 0.717) is 18.6 Å². The van der Waals surface area contributed by atoms with Crippen molar-refractivity contribution < 1.29 is 26.4 Å². The van der Waals surface area contributed by atoms with Crippen molar-refractivity contribution in [2.24, 2.45) is 0 Å². The molecule has 0 radical (unpaired) electrons. The number of alkyl halides is 3. The minimum atomic E-state index is -4.74. The molecule has 0 spiro atoms. The lowest BCUT2D eigenvalue weighted by molar-refractivity contribution is -0.137. The molecule has 26 heavy (non-hydrogen) atoms. The first-order valence-electron chi connectivity index (χ1n) is 7.31. The number of halogens is 4. The molecule has 2 amide bonds. The monoisotopic (exact) mass is 406 g/mol. The summed E-state index contributed by atoms with van der Waals surface area (Å²) in [6.45, 7) is 0.141. The van der Waals surface area contributed by atoms with E-state index in [-0.39, 0.29) is 6.54 Å². The van der Waals surface area contributed by atoms with Gasteiger partial charge in [0.2, 0.25) is 0 Å². The Hall–Kier alpha value is -2.26. The summed E-state index contributed by atoms with van der Waals surface area (Å²) in [5.74, 6) is 0.